The largest absolute Gasteiger partial charge is 0.496 e. The van der Waals surface area contributed by atoms with Crippen molar-refractivity contribution in [2.45, 2.75) is 13.3 Å². The summed E-state index contributed by atoms with van der Waals surface area (Å²) in [5.74, 6) is 2.33. The molecular weight excluding hydrogens is 246 g/mol. The molecule has 1 aromatic heterocycles. The van der Waals surface area contributed by atoms with Crippen LogP contribution in [0.3, 0.4) is 0 Å². The second-order valence-electron chi connectivity index (χ2n) is 4.06. The van der Waals surface area contributed by atoms with Crippen LogP contribution >= 0.6 is 0 Å². The molecule has 0 bridgehead atoms. The minimum Gasteiger partial charge on any atom is -0.496 e. The number of hydrogen-bond acceptors (Lipinski definition) is 6. The van der Waals surface area contributed by atoms with Crippen molar-refractivity contribution in [3.8, 4) is 23.0 Å². The Morgan fingerprint density at radius 3 is 2.53 bits per heavy atom. The third-order valence-electron chi connectivity index (χ3n) is 2.77. The van der Waals surface area contributed by atoms with Crippen LogP contribution in [0.4, 0.5) is 0 Å². The number of rotatable bonds is 5. The van der Waals surface area contributed by atoms with Crippen molar-refractivity contribution in [1.29, 1.82) is 0 Å². The Balaban J connectivity index is 2.46. The Morgan fingerprint density at radius 1 is 1.16 bits per heavy atom. The summed E-state index contributed by atoms with van der Waals surface area (Å²) < 4.78 is 16.2. The monoisotopic (exact) mass is 263 g/mol. The minimum atomic E-state index is 0.401. The molecule has 0 aliphatic rings. The molecule has 2 aromatic rings. The summed E-state index contributed by atoms with van der Waals surface area (Å²) in [5.41, 5.74) is 7.14. The molecule has 0 unspecified atom stereocenters. The molecule has 0 saturated heterocycles. The zero-order chi connectivity index (χ0) is 13.8. The average molecular weight is 263 g/mol. The lowest BCUT2D eigenvalue weighted by Crippen LogP contribution is -2.02. The second kappa shape index (κ2) is 5.71. The third-order valence-corrected chi connectivity index (χ3v) is 2.77. The van der Waals surface area contributed by atoms with E-state index in [1.165, 1.54) is 0 Å². The molecule has 6 nitrogen and oxygen atoms in total. The Morgan fingerprint density at radius 2 is 1.89 bits per heavy atom. The van der Waals surface area contributed by atoms with Gasteiger partial charge in [-0.3, -0.25) is 0 Å². The van der Waals surface area contributed by atoms with Gasteiger partial charge in [-0.15, -0.1) is 10.2 Å². The number of benzene rings is 1. The van der Waals surface area contributed by atoms with Crippen molar-refractivity contribution >= 4 is 0 Å². The van der Waals surface area contributed by atoms with Crippen molar-refractivity contribution in [2.24, 2.45) is 5.73 Å². The standard InChI is InChI=1S/C13H17N3O3/c1-8-6-11(18-3)9(7-10(8)17-2)13-16-15-12(19-13)4-5-14/h6-7H,4-5,14H2,1-3H3. The van der Waals surface area contributed by atoms with Crippen molar-refractivity contribution in [3.63, 3.8) is 0 Å². The van der Waals surface area contributed by atoms with Gasteiger partial charge in [0.25, 0.3) is 5.89 Å². The maximum Gasteiger partial charge on any atom is 0.251 e. The first-order chi connectivity index (χ1) is 9.19. The van der Waals surface area contributed by atoms with E-state index in [4.69, 9.17) is 19.6 Å². The van der Waals surface area contributed by atoms with Crippen LogP contribution in [0.2, 0.25) is 0 Å². The summed E-state index contributed by atoms with van der Waals surface area (Å²) in [4.78, 5) is 0. The zero-order valence-electron chi connectivity index (χ0n) is 11.3. The van der Waals surface area contributed by atoms with Crippen molar-refractivity contribution in [2.75, 3.05) is 20.8 Å². The van der Waals surface area contributed by atoms with Crippen LogP contribution in [-0.2, 0) is 6.42 Å². The summed E-state index contributed by atoms with van der Waals surface area (Å²) in [6, 6.07) is 3.70. The summed E-state index contributed by atoms with van der Waals surface area (Å²) >= 11 is 0. The molecule has 0 atom stereocenters. The normalized spacial score (nSPS) is 10.5. The first kappa shape index (κ1) is 13.4. The number of nitrogens with two attached hydrogens (primary N) is 1. The van der Waals surface area contributed by atoms with Crippen LogP contribution in [0.15, 0.2) is 16.5 Å². The molecule has 6 heteroatoms. The highest BCUT2D eigenvalue weighted by molar-refractivity contribution is 5.66. The summed E-state index contributed by atoms with van der Waals surface area (Å²) in [5, 5.41) is 7.95. The number of nitrogens with zero attached hydrogens (tertiary/aromatic N) is 2. The summed E-state index contributed by atoms with van der Waals surface area (Å²) in [6.45, 7) is 2.41. The fraction of sp³-hybridized carbons (Fsp3) is 0.385. The van der Waals surface area contributed by atoms with Gasteiger partial charge in [0.2, 0.25) is 5.89 Å². The van der Waals surface area contributed by atoms with Crippen LogP contribution in [0.25, 0.3) is 11.5 Å². The lowest BCUT2D eigenvalue weighted by atomic mass is 10.1. The Labute approximate surface area is 111 Å². The van der Waals surface area contributed by atoms with Gasteiger partial charge in [0.05, 0.1) is 19.8 Å². The number of aromatic nitrogens is 2. The quantitative estimate of drug-likeness (QED) is 0.881. The maximum absolute atomic E-state index is 5.55. The Hall–Kier alpha value is -2.08. The number of methoxy groups -OCH3 is 2. The van der Waals surface area contributed by atoms with Gasteiger partial charge in [0, 0.05) is 13.0 Å². The van der Waals surface area contributed by atoms with Crippen LogP contribution < -0.4 is 15.2 Å². The van der Waals surface area contributed by atoms with Gasteiger partial charge in [-0.2, -0.15) is 0 Å². The van der Waals surface area contributed by atoms with E-state index in [0.717, 1.165) is 11.3 Å². The fourth-order valence-electron chi connectivity index (χ4n) is 1.80. The van der Waals surface area contributed by atoms with E-state index in [2.05, 4.69) is 10.2 Å². The average Bonchev–Trinajstić information content (AvgIpc) is 2.87. The molecule has 0 aliphatic carbocycles. The molecule has 2 N–H and O–H groups in total. The predicted molar refractivity (Wildman–Crippen MR) is 70.3 cm³/mol. The summed E-state index contributed by atoms with van der Waals surface area (Å²) in [6.07, 6.45) is 0.554. The van der Waals surface area contributed by atoms with Gasteiger partial charge in [0.1, 0.15) is 11.5 Å². The minimum absolute atomic E-state index is 0.401. The summed E-state index contributed by atoms with van der Waals surface area (Å²) in [7, 11) is 3.22. The molecule has 2 rings (SSSR count). The van der Waals surface area contributed by atoms with E-state index < -0.39 is 0 Å². The van der Waals surface area contributed by atoms with Crippen LogP contribution in [0.1, 0.15) is 11.5 Å². The SMILES string of the molecule is COc1cc(-c2nnc(CCN)o2)c(OC)cc1C. The first-order valence-electron chi connectivity index (χ1n) is 5.95. The Kier molecular flexibility index (Phi) is 4.01. The van der Waals surface area contributed by atoms with Crippen LogP contribution in [0, 0.1) is 6.92 Å². The fourth-order valence-corrected chi connectivity index (χ4v) is 1.80. The first-order valence-corrected chi connectivity index (χ1v) is 5.95. The van der Waals surface area contributed by atoms with Gasteiger partial charge in [0.15, 0.2) is 0 Å². The Bertz CT molecular complexity index is 566. The van der Waals surface area contributed by atoms with Crippen molar-refractivity contribution < 1.29 is 13.9 Å². The highest BCUT2D eigenvalue weighted by Gasteiger charge is 2.16. The second-order valence-corrected chi connectivity index (χ2v) is 4.06. The number of ether oxygens (including phenoxy) is 2. The maximum atomic E-state index is 5.55. The van der Waals surface area contributed by atoms with Crippen molar-refractivity contribution in [3.05, 3.63) is 23.6 Å². The van der Waals surface area contributed by atoms with E-state index in [1.54, 1.807) is 14.2 Å². The van der Waals surface area contributed by atoms with E-state index in [9.17, 15) is 0 Å². The van der Waals surface area contributed by atoms with Crippen LogP contribution in [-0.4, -0.2) is 31.0 Å². The van der Waals surface area contributed by atoms with Gasteiger partial charge in [-0.1, -0.05) is 0 Å². The van der Waals surface area contributed by atoms with Crippen molar-refractivity contribution in [1.82, 2.24) is 10.2 Å². The topological polar surface area (TPSA) is 83.4 Å². The molecule has 1 heterocycles. The van der Waals surface area contributed by atoms with Gasteiger partial charge in [-0.05, 0) is 24.6 Å². The number of aryl methyl sites for hydroxylation is 1. The van der Waals surface area contributed by atoms with E-state index in [0.29, 0.717) is 36.1 Å². The lowest BCUT2D eigenvalue weighted by molar-refractivity contribution is 0.399. The van der Waals surface area contributed by atoms with E-state index >= 15 is 0 Å². The number of hydrogen-bond donors (Lipinski definition) is 1. The van der Waals surface area contributed by atoms with Gasteiger partial charge >= 0.3 is 0 Å². The molecule has 1 aromatic carbocycles. The molecule has 0 fully saturated rings. The molecule has 0 radical (unpaired) electrons. The molecule has 19 heavy (non-hydrogen) atoms. The van der Waals surface area contributed by atoms with Crippen LogP contribution in [0.5, 0.6) is 11.5 Å². The van der Waals surface area contributed by atoms with E-state index in [1.807, 2.05) is 19.1 Å². The highest BCUT2D eigenvalue weighted by Crippen LogP contribution is 2.35. The molecule has 102 valence electrons. The zero-order valence-corrected chi connectivity index (χ0v) is 11.3. The van der Waals surface area contributed by atoms with Gasteiger partial charge in [-0.25, -0.2) is 0 Å². The highest BCUT2D eigenvalue weighted by atomic mass is 16.5. The third kappa shape index (κ3) is 2.68. The molecule has 0 saturated carbocycles. The molecule has 0 aliphatic heterocycles. The molecule has 0 amide bonds. The molecular formula is C13H17N3O3. The smallest absolute Gasteiger partial charge is 0.251 e. The molecule has 0 spiro atoms. The predicted octanol–water partition coefficient (Wildman–Crippen LogP) is 1.56. The lowest BCUT2D eigenvalue weighted by Gasteiger charge is -2.10. The van der Waals surface area contributed by atoms with Gasteiger partial charge < -0.3 is 19.6 Å². The van der Waals surface area contributed by atoms with E-state index in [-0.39, 0.29) is 0 Å².